The maximum Gasteiger partial charge on any atom is 0.326 e. The molecule has 2 rings (SSSR count). The first kappa shape index (κ1) is 22.1. The standard InChI is InChI=1S/C18H27N7O4/c1-3-10(2)15(19)17(27)24-13(4-11-6-20-8-22-11)16(26)25-14(18(28)29)5-12-7-21-9-23-12/h6-10,13-15H,3-5,19H2,1-2H3,(H,20,22)(H,21,23)(H,24,27)(H,25,26)(H,28,29)/t10-,13-,14-,15-/m0/s1. The van der Waals surface area contributed by atoms with Crippen LogP contribution in [0.5, 0.6) is 0 Å². The molecule has 11 heteroatoms. The number of aromatic amines is 2. The van der Waals surface area contributed by atoms with E-state index < -0.39 is 35.9 Å². The Kier molecular flexibility index (Phi) is 7.89. The lowest BCUT2D eigenvalue weighted by molar-refractivity contribution is -0.142. The Labute approximate surface area is 167 Å². The van der Waals surface area contributed by atoms with E-state index in [-0.39, 0.29) is 18.8 Å². The van der Waals surface area contributed by atoms with Gasteiger partial charge in [0.15, 0.2) is 0 Å². The van der Waals surface area contributed by atoms with Gasteiger partial charge in [0, 0.05) is 36.6 Å². The predicted octanol–water partition coefficient (Wildman–Crippen LogP) is -0.654. The Morgan fingerprint density at radius 2 is 1.55 bits per heavy atom. The Morgan fingerprint density at radius 1 is 1.03 bits per heavy atom. The molecule has 0 saturated carbocycles. The number of aromatic nitrogens is 4. The lowest BCUT2D eigenvalue weighted by atomic mass is 9.98. The molecule has 0 spiro atoms. The van der Waals surface area contributed by atoms with Crippen molar-refractivity contribution in [3.63, 3.8) is 0 Å². The number of imidazole rings is 2. The van der Waals surface area contributed by atoms with Crippen LogP contribution < -0.4 is 16.4 Å². The van der Waals surface area contributed by atoms with Gasteiger partial charge in [-0.05, 0) is 5.92 Å². The molecule has 0 aliphatic heterocycles. The Bertz CT molecular complexity index is 791. The third-order valence-corrected chi connectivity index (χ3v) is 4.77. The zero-order valence-corrected chi connectivity index (χ0v) is 16.4. The van der Waals surface area contributed by atoms with Gasteiger partial charge in [0.25, 0.3) is 0 Å². The first-order valence-electron chi connectivity index (χ1n) is 9.35. The van der Waals surface area contributed by atoms with Gasteiger partial charge < -0.3 is 31.4 Å². The van der Waals surface area contributed by atoms with E-state index in [2.05, 4.69) is 30.6 Å². The molecule has 0 aliphatic carbocycles. The number of nitrogens with one attached hydrogen (secondary N) is 4. The average Bonchev–Trinajstić information content (AvgIpc) is 3.39. The number of carboxylic acid groups (broad SMARTS) is 1. The van der Waals surface area contributed by atoms with Crippen molar-refractivity contribution in [3.8, 4) is 0 Å². The number of carbonyl (C=O) groups excluding carboxylic acids is 2. The molecule has 0 unspecified atom stereocenters. The van der Waals surface area contributed by atoms with Crippen LogP contribution in [0.1, 0.15) is 31.7 Å². The molecule has 2 heterocycles. The molecular weight excluding hydrogens is 378 g/mol. The first-order chi connectivity index (χ1) is 13.8. The maximum atomic E-state index is 12.8. The van der Waals surface area contributed by atoms with Crippen molar-refractivity contribution in [1.29, 1.82) is 0 Å². The van der Waals surface area contributed by atoms with E-state index >= 15 is 0 Å². The molecular formula is C18H27N7O4. The minimum absolute atomic E-state index is 0.0260. The summed E-state index contributed by atoms with van der Waals surface area (Å²) in [7, 11) is 0. The van der Waals surface area contributed by atoms with Crippen LogP contribution in [0.15, 0.2) is 25.0 Å². The molecule has 4 atom stereocenters. The highest BCUT2D eigenvalue weighted by Crippen LogP contribution is 2.07. The highest BCUT2D eigenvalue weighted by atomic mass is 16.4. The second-order valence-electron chi connectivity index (χ2n) is 6.93. The predicted molar refractivity (Wildman–Crippen MR) is 104 cm³/mol. The van der Waals surface area contributed by atoms with Crippen LogP contribution in [0.4, 0.5) is 0 Å². The van der Waals surface area contributed by atoms with Crippen molar-refractivity contribution in [2.24, 2.45) is 11.7 Å². The second kappa shape index (κ2) is 10.4. The number of hydrogen-bond donors (Lipinski definition) is 6. The Morgan fingerprint density at radius 3 is 2.00 bits per heavy atom. The molecule has 0 aliphatic rings. The number of nitrogens with two attached hydrogens (primary N) is 1. The molecule has 0 radical (unpaired) electrons. The molecule has 158 valence electrons. The molecule has 2 aromatic rings. The average molecular weight is 405 g/mol. The summed E-state index contributed by atoms with van der Waals surface area (Å²) in [6.07, 6.45) is 6.73. The molecule has 2 aromatic heterocycles. The fourth-order valence-corrected chi connectivity index (χ4v) is 2.69. The number of carbonyl (C=O) groups is 3. The normalized spacial score (nSPS) is 15.1. The van der Waals surface area contributed by atoms with Gasteiger partial charge >= 0.3 is 5.97 Å². The number of amides is 2. The van der Waals surface area contributed by atoms with E-state index in [1.165, 1.54) is 25.0 Å². The highest BCUT2D eigenvalue weighted by molar-refractivity contribution is 5.92. The smallest absolute Gasteiger partial charge is 0.326 e. The van der Waals surface area contributed by atoms with Crippen LogP contribution in [0.2, 0.25) is 0 Å². The lowest BCUT2D eigenvalue weighted by Gasteiger charge is -2.24. The van der Waals surface area contributed by atoms with Gasteiger partial charge in [-0.25, -0.2) is 14.8 Å². The quantitative estimate of drug-likeness (QED) is 0.287. The van der Waals surface area contributed by atoms with Crippen LogP contribution in [0, 0.1) is 5.92 Å². The van der Waals surface area contributed by atoms with E-state index in [9.17, 15) is 19.5 Å². The minimum Gasteiger partial charge on any atom is -0.480 e. The third-order valence-electron chi connectivity index (χ3n) is 4.77. The van der Waals surface area contributed by atoms with Gasteiger partial charge in [-0.15, -0.1) is 0 Å². The van der Waals surface area contributed by atoms with E-state index in [1.54, 1.807) is 0 Å². The zero-order valence-electron chi connectivity index (χ0n) is 16.4. The highest BCUT2D eigenvalue weighted by Gasteiger charge is 2.30. The summed E-state index contributed by atoms with van der Waals surface area (Å²) in [5.41, 5.74) is 7.14. The summed E-state index contributed by atoms with van der Waals surface area (Å²) in [5.74, 6) is -2.37. The molecule has 0 saturated heterocycles. The second-order valence-corrected chi connectivity index (χ2v) is 6.93. The third kappa shape index (κ3) is 6.42. The van der Waals surface area contributed by atoms with Gasteiger partial charge in [-0.1, -0.05) is 20.3 Å². The van der Waals surface area contributed by atoms with E-state index in [4.69, 9.17) is 5.73 Å². The zero-order chi connectivity index (χ0) is 21.4. The maximum absolute atomic E-state index is 12.8. The van der Waals surface area contributed by atoms with Crippen LogP contribution in [0.3, 0.4) is 0 Å². The lowest BCUT2D eigenvalue weighted by Crippen LogP contribution is -2.56. The minimum atomic E-state index is -1.20. The molecule has 0 aromatic carbocycles. The van der Waals surface area contributed by atoms with Crippen molar-refractivity contribution >= 4 is 17.8 Å². The molecule has 0 bridgehead atoms. The number of hydrogen-bond acceptors (Lipinski definition) is 6. The van der Waals surface area contributed by atoms with Crippen LogP contribution in [-0.2, 0) is 27.2 Å². The van der Waals surface area contributed by atoms with Gasteiger partial charge in [-0.2, -0.15) is 0 Å². The summed E-state index contributed by atoms with van der Waals surface area (Å²) < 4.78 is 0. The van der Waals surface area contributed by atoms with Crippen LogP contribution >= 0.6 is 0 Å². The summed E-state index contributed by atoms with van der Waals surface area (Å²) in [6.45, 7) is 3.76. The van der Waals surface area contributed by atoms with Crippen molar-refractivity contribution in [2.45, 2.75) is 51.2 Å². The van der Waals surface area contributed by atoms with Crippen molar-refractivity contribution in [3.05, 3.63) is 36.4 Å². The number of nitrogens with zero attached hydrogens (tertiary/aromatic N) is 2. The Balaban J connectivity index is 2.12. The largest absolute Gasteiger partial charge is 0.480 e. The van der Waals surface area contributed by atoms with E-state index in [1.807, 2.05) is 13.8 Å². The molecule has 11 nitrogen and oxygen atoms in total. The van der Waals surface area contributed by atoms with Gasteiger partial charge in [0.05, 0.1) is 18.7 Å². The number of rotatable bonds is 11. The van der Waals surface area contributed by atoms with Crippen molar-refractivity contribution in [1.82, 2.24) is 30.6 Å². The van der Waals surface area contributed by atoms with Gasteiger partial charge in [0.2, 0.25) is 11.8 Å². The fourth-order valence-electron chi connectivity index (χ4n) is 2.69. The number of carboxylic acids is 1. The van der Waals surface area contributed by atoms with E-state index in [0.717, 1.165) is 0 Å². The molecule has 2 amide bonds. The molecule has 7 N–H and O–H groups in total. The summed E-state index contributed by atoms with van der Waals surface area (Å²) in [5, 5.41) is 14.6. The summed E-state index contributed by atoms with van der Waals surface area (Å²) in [6, 6.07) is -2.98. The molecule has 29 heavy (non-hydrogen) atoms. The topological polar surface area (TPSA) is 179 Å². The van der Waals surface area contributed by atoms with Gasteiger partial charge in [0.1, 0.15) is 12.1 Å². The van der Waals surface area contributed by atoms with Crippen LogP contribution in [-0.4, -0.2) is 61.0 Å². The number of H-pyrrole nitrogens is 2. The summed E-state index contributed by atoms with van der Waals surface area (Å²) in [4.78, 5) is 50.3. The Hall–Kier alpha value is -3.21. The monoisotopic (exact) mass is 405 g/mol. The van der Waals surface area contributed by atoms with Crippen molar-refractivity contribution < 1.29 is 19.5 Å². The van der Waals surface area contributed by atoms with E-state index in [0.29, 0.717) is 17.8 Å². The molecule has 0 fully saturated rings. The number of aliphatic carboxylic acids is 1. The summed E-state index contributed by atoms with van der Waals surface area (Å²) >= 11 is 0. The van der Waals surface area contributed by atoms with Crippen LogP contribution in [0.25, 0.3) is 0 Å². The fraction of sp³-hybridized carbons (Fsp3) is 0.500. The van der Waals surface area contributed by atoms with Gasteiger partial charge in [-0.3, -0.25) is 9.59 Å². The SMILES string of the molecule is CC[C@H](C)[C@H](N)C(=O)N[C@@H](Cc1cnc[nH]1)C(=O)N[C@@H](Cc1cnc[nH]1)C(=O)O. The first-order valence-corrected chi connectivity index (χ1v) is 9.35. The van der Waals surface area contributed by atoms with Crippen molar-refractivity contribution in [2.75, 3.05) is 0 Å².